The van der Waals surface area contributed by atoms with Crippen molar-refractivity contribution in [1.29, 1.82) is 0 Å². The topological polar surface area (TPSA) is 27.8 Å². The molecule has 0 saturated heterocycles. The van der Waals surface area contributed by atoms with Crippen LogP contribution in [0.15, 0.2) is 18.3 Å². The summed E-state index contributed by atoms with van der Waals surface area (Å²) in [6, 6.07) is 1.33. The van der Waals surface area contributed by atoms with Gasteiger partial charge in [-0.15, -0.1) is 0 Å². The van der Waals surface area contributed by atoms with Gasteiger partial charge in [0.1, 0.15) is 6.04 Å². The van der Waals surface area contributed by atoms with Gasteiger partial charge >= 0.3 is 6.18 Å². The fourth-order valence-corrected chi connectivity index (χ4v) is 1.02. The van der Waals surface area contributed by atoms with Crippen LogP contribution in [0, 0.1) is 0 Å². The maximum Gasteiger partial charge on any atom is 0.409 e. The first kappa shape index (κ1) is 9.12. The number of aromatic nitrogens is 1. The van der Waals surface area contributed by atoms with Gasteiger partial charge in [-0.2, -0.15) is 13.2 Å². The van der Waals surface area contributed by atoms with Crippen molar-refractivity contribution >= 4 is 0 Å². The molecule has 0 bridgehead atoms. The second-order valence-corrected chi connectivity index (χ2v) is 2.39. The minimum atomic E-state index is -4.25. The standard InChI is InChI=1S/C7H9F3N2/c1-11-6(7(8,9)10)5-3-2-4-12-5/h2-4,6,11-12H,1H3. The molecule has 0 aliphatic heterocycles. The molecule has 0 aliphatic carbocycles. The average Bonchev–Trinajstić information content (AvgIpc) is 2.38. The van der Waals surface area contributed by atoms with E-state index in [0.29, 0.717) is 0 Å². The Balaban J connectivity index is 2.84. The average molecular weight is 178 g/mol. The van der Waals surface area contributed by atoms with Gasteiger partial charge in [-0.3, -0.25) is 0 Å². The Hall–Kier alpha value is -0.970. The SMILES string of the molecule is CNC(c1ccc[nH]1)C(F)(F)F. The van der Waals surface area contributed by atoms with Crippen LogP contribution < -0.4 is 5.32 Å². The summed E-state index contributed by atoms with van der Waals surface area (Å²) in [5, 5.41) is 2.19. The number of aromatic amines is 1. The van der Waals surface area contributed by atoms with E-state index in [1.165, 1.54) is 25.4 Å². The largest absolute Gasteiger partial charge is 0.409 e. The molecule has 0 aliphatic rings. The summed E-state index contributed by atoms with van der Waals surface area (Å²) in [6.45, 7) is 0. The van der Waals surface area contributed by atoms with Crippen molar-refractivity contribution < 1.29 is 13.2 Å². The van der Waals surface area contributed by atoms with E-state index in [4.69, 9.17) is 0 Å². The van der Waals surface area contributed by atoms with Crippen LogP contribution >= 0.6 is 0 Å². The highest BCUT2D eigenvalue weighted by Crippen LogP contribution is 2.30. The summed E-state index contributed by atoms with van der Waals surface area (Å²) in [6.07, 6.45) is -2.79. The second kappa shape index (κ2) is 3.18. The van der Waals surface area contributed by atoms with Gasteiger partial charge in [-0.25, -0.2) is 0 Å². The molecule has 0 radical (unpaired) electrons. The zero-order valence-corrected chi connectivity index (χ0v) is 6.44. The minimum Gasteiger partial charge on any atom is -0.363 e. The Morgan fingerprint density at radius 1 is 1.50 bits per heavy atom. The lowest BCUT2D eigenvalue weighted by Crippen LogP contribution is -2.31. The minimum absolute atomic E-state index is 0.130. The molecule has 0 fully saturated rings. The number of nitrogens with one attached hydrogen (secondary N) is 2. The van der Waals surface area contributed by atoms with Gasteiger partial charge in [0.15, 0.2) is 0 Å². The van der Waals surface area contributed by atoms with E-state index in [2.05, 4.69) is 10.3 Å². The lowest BCUT2D eigenvalue weighted by atomic mass is 10.2. The lowest BCUT2D eigenvalue weighted by Gasteiger charge is -2.17. The molecule has 0 spiro atoms. The molecule has 0 amide bonds. The maximum absolute atomic E-state index is 12.2. The third-order valence-corrected chi connectivity index (χ3v) is 1.55. The first-order chi connectivity index (χ1) is 5.55. The van der Waals surface area contributed by atoms with Crippen LogP contribution in [0.3, 0.4) is 0 Å². The van der Waals surface area contributed by atoms with Gasteiger partial charge in [0, 0.05) is 11.9 Å². The fourth-order valence-electron chi connectivity index (χ4n) is 1.02. The van der Waals surface area contributed by atoms with E-state index >= 15 is 0 Å². The first-order valence-corrected chi connectivity index (χ1v) is 3.43. The highest BCUT2D eigenvalue weighted by molar-refractivity contribution is 5.10. The first-order valence-electron chi connectivity index (χ1n) is 3.43. The third-order valence-electron chi connectivity index (χ3n) is 1.55. The number of hydrogen-bond acceptors (Lipinski definition) is 1. The number of hydrogen-bond donors (Lipinski definition) is 2. The van der Waals surface area contributed by atoms with E-state index in [-0.39, 0.29) is 5.69 Å². The smallest absolute Gasteiger partial charge is 0.363 e. The summed E-state index contributed by atoms with van der Waals surface area (Å²) in [5.74, 6) is 0. The summed E-state index contributed by atoms with van der Waals surface area (Å²) in [4.78, 5) is 2.51. The predicted molar refractivity (Wildman–Crippen MR) is 38.6 cm³/mol. The maximum atomic E-state index is 12.2. The number of alkyl halides is 3. The van der Waals surface area contributed by atoms with Crippen molar-refractivity contribution in [1.82, 2.24) is 10.3 Å². The second-order valence-electron chi connectivity index (χ2n) is 2.39. The molecule has 1 heterocycles. The van der Waals surface area contributed by atoms with Gasteiger partial charge in [-0.05, 0) is 19.2 Å². The summed E-state index contributed by atoms with van der Waals surface area (Å²) < 4.78 is 36.6. The summed E-state index contributed by atoms with van der Waals surface area (Å²) in [5.41, 5.74) is 0.130. The number of halogens is 3. The van der Waals surface area contributed by atoms with Crippen molar-refractivity contribution in [3.05, 3.63) is 24.0 Å². The molecular formula is C7H9F3N2. The quantitative estimate of drug-likeness (QED) is 0.710. The molecule has 68 valence electrons. The van der Waals surface area contributed by atoms with E-state index in [9.17, 15) is 13.2 Å². The predicted octanol–water partition coefficient (Wildman–Crippen LogP) is 1.84. The summed E-state index contributed by atoms with van der Waals surface area (Å²) >= 11 is 0. The van der Waals surface area contributed by atoms with Gasteiger partial charge in [0.05, 0.1) is 0 Å². The molecule has 0 saturated carbocycles. The Labute approximate surface area is 67.8 Å². The summed E-state index contributed by atoms with van der Waals surface area (Å²) in [7, 11) is 1.28. The van der Waals surface area contributed by atoms with E-state index in [1.54, 1.807) is 0 Å². The molecule has 2 N–H and O–H groups in total. The Morgan fingerprint density at radius 2 is 2.17 bits per heavy atom. The third kappa shape index (κ3) is 1.79. The van der Waals surface area contributed by atoms with Crippen molar-refractivity contribution in [3.8, 4) is 0 Å². The van der Waals surface area contributed by atoms with Crippen molar-refractivity contribution in [2.75, 3.05) is 7.05 Å². The Morgan fingerprint density at radius 3 is 2.50 bits per heavy atom. The van der Waals surface area contributed by atoms with Crippen LogP contribution in [0.25, 0.3) is 0 Å². The Kier molecular flexibility index (Phi) is 2.42. The zero-order chi connectivity index (χ0) is 9.19. The van der Waals surface area contributed by atoms with Gasteiger partial charge in [-0.1, -0.05) is 0 Å². The van der Waals surface area contributed by atoms with Crippen LogP contribution in [0.1, 0.15) is 11.7 Å². The molecular weight excluding hydrogens is 169 g/mol. The van der Waals surface area contributed by atoms with Crippen LogP contribution in [0.2, 0.25) is 0 Å². The zero-order valence-electron chi connectivity index (χ0n) is 6.44. The molecule has 1 atom stereocenters. The molecule has 0 aromatic carbocycles. The van der Waals surface area contributed by atoms with Crippen molar-refractivity contribution in [2.24, 2.45) is 0 Å². The molecule has 5 heteroatoms. The number of H-pyrrole nitrogens is 1. The van der Waals surface area contributed by atoms with Crippen LogP contribution in [-0.2, 0) is 0 Å². The van der Waals surface area contributed by atoms with E-state index < -0.39 is 12.2 Å². The monoisotopic (exact) mass is 178 g/mol. The molecule has 2 nitrogen and oxygen atoms in total. The lowest BCUT2D eigenvalue weighted by molar-refractivity contribution is -0.157. The van der Waals surface area contributed by atoms with Gasteiger partial charge in [0.25, 0.3) is 0 Å². The highest BCUT2D eigenvalue weighted by Gasteiger charge is 2.40. The van der Waals surface area contributed by atoms with E-state index in [1.807, 2.05) is 0 Å². The fraction of sp³-hybridized carbons (Fsp3) is 0.429. The normalized spacial score (nSPS) is 14.7. The van der Waals surface area contributed by atoms with Crippen LogP contribution in [-0.4, -0.2) is 18.2 Å². The van der Waals surface area contributed by atoms with Crippen LogP contribution in [0.4, 0.5) is 13.2 Å². The van der Waals surface area contributed by atoms with Crippen LogP contribution in [0.5, 0.6) is 0 Å². The molecule has 1 unspecified atom stereocenters. The highest BCUT2D eigenvalue weighted by atomic mass is 19.4. The van der Waals surface area contributed by atoms with Gasteiger partial charge < -0.3 is 10.3 Å². The van der Waals surface area contributed by atoms with Crippen molar-refractivity contribution in [2.45, 2.75) is 12.2 Å². The molecule has 1 rings (SSSR count). The molecule has 1 aromatic heterocycles. The van der Waals surface area contributed by atoms with Gasteiger partial charge in [0.2, 0.25) is 0 Å². The number of rotatable bonds is 2. The molecule has 1 aromatic rings. The van der Waals surface area contributed by atoms with Crippen molar-refractivity contribution in [3.63, 3.8) is 0 Å². The Bertz CT molecular complexity index is 227. The van der Waals surface area contributed by atoms with E-state index in [0.717, 1.165) is 0 Å². The molecule has 12 heavy (non-hydrogen) atoms.